The van der Waals surface area contributed by atoms with Gasteiger partial charge in [0.2, 0.25) is 0 Å². The van der Waals surface area contributed by atoms with Crippen LogP contribution < -0.4 is 5.46 Å². The zero-order valence-corrected chi connectivity index (χ0v) is 20.9. The van der Waals surface area contributed by atoms with Gasteiger partial charge in [0.15, 0.2) is 0 Å². The van der Waals surface area contributed by atoms with E-state index in [1.165, 1.54) is 17.2 Å². The third-order valence-corrected chi connectivity index (χ3v) is 7.71. The van der Waals surface area contributed by atoms with Gasteiger partial charge in [-0.3, -0.25) is 4.90 Å². The van der Waals surface area contributed by atoms with E-state index in [1.807, 2.05) is 24.3 Å². The van der Waals surface area contributed by atoms with Gasteiger partial charge in [0.1, 0.15) is 6.61 Å². The van der Waals surface area contributed by atoms with Gasteiger partial charge in [-0.25, -0.2) is 4.79 Å². The molecule has 0 N–H and O–H groups in total. The summed E-state index contributed by atoms with van der Waals surface area (Å²) in [6.45, 7) is -0.591. The predicted molar refractivity (Wildman–Crippen MR) is 139 cm³/mol. The number of ether oxygens (including phenoxy) is 1. The lowest BCUT2D eigenvalue weighted by Gasteiger charge is -2.35. The van der Waals surface area contributed by atoms with Crippen molar-refractivity contribution in [1.29, 1.82) is 0 Å². The van der Waals surface area contributed by atoms with Crippen molar-refractivity contribution in [1.82, 2.24) is 9.80 Å². The van der Waals surface area contributed by atoms with Crippen LogP contribution in [0.25, 0.3) is 11.1 Å². The van der Waals surface area contributed by atoms with E-state index in [-0.39, 0.29) is 18.6 Å². The monoisotopic (exact) mass is 511 g/mol. The second-order valence-corrected chi connectivity index (χ2v) is 9.95. The number of carbonyl (C=O) groups excluding carboxylic acids is 1. The molecule has 0 radical (unpaired) electrons. The second kappa shape index (κ2) is 9.86. The molecule has 3 aromatic carbocycles. The van der Waals surface area contributed by atoms with Crippen molar-refractivity contribution in [2.24, 2.45) is 0 Å². The van der Waals surface area contributed by atoms with Crippen LogP contribution in [0.1, 0.15) is 28.2 Å². The van der Waals surface area contributed by atoms with E-state index < -0.39 is 12.4 Å². The first-order valence-electron chi connectivity index (χ1n) is 12.1. The molecule has 1 fully saturated rings. The van der Waals surface area contributed by atoms with E-state index >= 15 is 0 Å². The van der Waals surface area contributed by atoms with Crippen LogP contribution in [-0.2, 0) is 11.3 Å². The number of benzene rings is 3. The molecule has 9 heteroatoms. The summed E-state index contributed by atoms with van der Waals surface area (Å²) in [5.41, 5.74) is 5.43. The van der Waals surface area contributed by atoms with Crippen LogP contribution in [0.5, 0.6) is 0 Å². The molecule has 0 unspecified atom stereocenters. The van der Waals surface area contributed by atoms with Crippen molar-refractivity contribution in [3.63, 3.8) is 0 Å². The zero-order valence-electron chi connectivity index (χ0n) is 20.0. The van der Waals surface area contributed by atoms with Gasteiger partial charge >= 0.3 is 13.1 Å². The van der Waals surface area contributed by atoms with Gasteiger partial charge in [0, 0.05) is 43.5 Å². The van der Waals surface area contributed by atoms with Gasteiger partial charge in [-0.05, 0) is 40.3 Å². The first-order chi connectivity index (χ1) is 17.2. The van der Waals surface area contributed by atoms with Gasteiger partial charge < -0.3 is 22.6 Å². The predicted octanol–water partition coefficient (Wildman–Crippen LogP) is 5.40. The topological polar surface area (TPSA) is 32.8 Å². The number of piperazine rings is 1. The van der Waals surface area contributed by atoms with Crippen LogP contribution in [-0.4, -0.2) is 55.7 Å². The Labute approximate surface area is 214 Å². The fourth-order valence-electron chi connectivity index (χ4n) is 5.15. The molecule has 5 rings (SSSR count). The van der Waals surface area contributed by atoms with Gasteiger partial charge in [0.25, 0.3) is 0 Å². The molecule has 3 aromatic rings. The number of hydrogen-bond donors (Lipinski definition) is 1. The van der Waals surface area contributed by atoms with Crippen LogP contribution in [0, 0.1) is 6.92 Å². The van der Waals surface area contributed by atoms with Crippen molar-refractivity contribution in [3.05, 3.63) is 82.9 Å². The van der Waals surface area contributed by atoms with Crippen molar-refractivity contribution in [3.8, 4) is 11.1 Å². The van der Waals surface area contributed by atoms with Gasteiger partial charge in [-0.1, -0.05) is 60.7 Å². The first kappa shape index (κ1) is 24.8. The molecular formula is C27H27BF3N2O2S-. The number of amides is 1. The van der Waals surface area contributed by atoms with Crippen molar-refractivity contribution >= 4 is 31.2 Å². The summed E-state index contributed by atoms with van der Waals surface area (Å²) in [5.74, 6) is 0.00329. The Morgan fingerprint density at radius 1 is 0.972 bits per heavy atom. The summed E-state index contributed by atoms with van der Waals surface area (Å²) < 4.78 is 45.7. The van der Waals surface area contributed by atoms with E-state index in [0.717, 1.165) is 22.8 Å². The number of rotatable bonds is 5. The highest BCUT2D eigenvalue weighted by atomic mass is 32.1. The average molecular weight is 511 g/mol. The summed E-state index contributed by atoms with van der Waals surface area (Å²) in [7, 11) is 0. The smallest absolute Gasteiger partial charge is 0.448 e. The maximum Gasteiger partial charge on any atom is 0.509 e. The Balaban J connectivity index is 1.19. The fraction of sp³-hybridized carbons (Fsp3) is 0.296. The third kappa shape index (κ3) is 4.86. The minimum absolute atomic E-state index is 0.00329. The molecule has 1 saturated heterocycles. The quantitative estimate of drug-likeness (QED) is 0.368. The molecule has 1 aliphatic carbocycles. The maximum absolute atomic E-state index is 13.3. The van der Waals surface area contributed by atoms with Crippen molar-refractivity contribution in [2.45, 2.75) is 24.3 Å². The Bertz CT molecular complexity index is 1250. The highest BCUT2D eigenvalue weighted by molar-refractivity contribution is 7.80. The lowest BCUT2D eigenvalue weighted by atomic mass is 9.78. The standard InChI is InChI=1S/C27H27BF3N2O2S/c1-18-19(14-20(15-26(18)36)28(29,30)31)16-32-10-12-33(13-11-32)27(34)35-17-25-23-8-4-2-6-21(23)22-7-3-5-9-24(22)25/h2-9,14-15,25,36H,10-13,16-17H2,1H3/q-1. The summed E-state index contributed by atoms with van der Waals surface area (Å²) in [5, 5.41) is 0. The van der Waals surface area contributed by atoms with Crippen LogP contribution in [0.3, 0.4) is 0 Å². The summed E-state index contributed by atoms with van der Waals surface area (Å²) in [4.78, 5) is 16.9. The van der Waals surface area contributed by atoms with Crippen molar-refractivity contribution < 1.29 is 22.5 Å². The molecule has 1 heterocycles. The molecule has 4 nitrogen and oxygen atoms in total. The van der Waals surface area contributed by atoms with Crippen LogP contribution >= 0.6 is 12.6 Å². The van der Waals surface area contributed by atoms with E-state index in [0.29, 0.717) is 43.2 Å². The zero-order chi connectivity index (χ0) is 25.4. The first-order valence-corrected chi connectivity index (χ1v) is 12.5. The fourth-order valence-corrected chi connectivity index (χ4v) is 5.44. The minimum atomic E-state index is -5.09. The Morgan fingerprint density at radius 3 is 2.14 bits per heavy atom. The maximum atomic E-state index is 13.3. The van der Waals surface area contributed by atoms with E-state index in [4.69, 9.17) is 4.74 Å². The average Bonchev–Trinajstić information content (AvgIpc) is 3.19. The second-order valence-electron chi connectivity index (χ2n) is 9.47. The number of thiol groups is 1. The molecule has 36 heavy (non-hydrogen) atoms. The summed E-state index contributed by atoms with van der Waals surface area (Å²) in [6.07, 6.45) is -0.355. The Hall–Kier alpha value is -2.91. The largest absolute Gasteiger partial charge is 0.509 e. The van der Waals surface area contributed by atoms with E-state index in [1.54, 1.807) is 11.8 Å². The molecule has 0 aromatic heterocycles. The lowest BCUT2D eigenvalue weighted by Crippen LogP contribution is -2.48. The number of nitrogens with zero attached hydrogens (tertiary/aromatic N) is 2. The van der Waals surface area contributed by atoms with E-state index in [9.17, 15) is 17.7 Å². The normalized spacial score (nSPS) is 16.1. The van der Waals surface area contributed by atoms with Gasteiger partial charge in [0.05, 0.1) is 0 Å². The van der Waals surface area contributed by atoms with Crippen molar-refractivity contribution in [2.75, 3.05) is 32.8 Å². The molecule has 0 spiro atoms. The number of hydrogen-bond acceptors (Lipinski definition) is 4. The SMILES string of the molecule is Cc1c(S)cc([B-](F)(F)F)cc1CN1CCN(C(=O)OCC2c3ccccc3-c3ccccc32)CC1. The van der Waals surface area contributed by atoms with E-state index in [2.05, 4.69) is 41.8 Å². The molecule has 1 aliphatic heterocycles. The molecule has 1 amide bonds. The molecule has 0 atom stereocenters. The molecule has 188 valence electrons. The lowest BCUT2D eigenvalue weighted by molar-refractivity contribution is 0.0728. The Kier molecular flexibility index (Phi) is 6.79. The summed E-state index contributed by atoms with van der Waals surface area (Å²) >= 11 is 4.25. The van der Waals surface area contributed by atoms with Crippen LogP contribution in [0.2, 0.25) is 0 Å². The third-order valence-electron chi connectivity index (χ3n) is 7.25. The number of carbonyl (C=O) groups is 1. The number of halogens is 3. The molecule has 0 bridgehead atoms. The van der Waals surface area contributed by atoms with Gasteiger partial charge in [-0.15, -0.1) is 18.1 Å². The number of fused-ring (bicyclic) bond motifs is 3. The highest BCUT2D eigenvalue weighted by Crippen LogP contribution is 2.44. The highest BCUT2D eigenvalue weighted by Gasteiger charge is 2.31. The summed E-state index contributed by atoms with van der Waals surface area (Å²) in [6, 6.07) is 18.7. The molecule has 0 saturated carbocycles. The molecular weight excluding hydrogens is 484 g/mol. The van der Waals surface area contributed by atoms with Crippen LogP contribution in [0.4, 0.5) is 17.7 Å². The molecule has 2 aliphatic rings. The van der Waals surface area contributed by atoms with Gasteiger partial charge in [-0.2, -0.15) is 0 Å². The van der Waals surface area contributed by atoms with Crippen LogP contribution in [0.15, 0.2) is 65.6 Å². The minimum Gasteiger partial charge on any atom is -0.448 e. The Morgan fingerprint density at radius 2 is 1.56 bits per heavy atom.